The van der Waals surface area contributed by atoms with E-state index in [-0.39, 0.29) is 12.3 Å². The number of alkyl halides is 2. The molecule has 0 aliphatic carbocycles. The Morgan fingerprint density at radius 2 is 1.95 bits per heavy atom. The smallest absolute Gasteiger partial charge is 0.374 e. The van der Waals surface area contributed by atoms with E-state index in [2.05, 4.69) is 4.98 Å². The van der Waals surface area contributed by atoms with Crippen LogP contribution in [0.5, 0.6) is 0 Å². The second-order valence-corrected chi connectivity index (χ2v) is 4.41. The molecule has 2 rings (SSSR count). The van der Waals surface area contributed by atoms with Crippen LogP contribution in [0.15, 0.2) is 28.7 Å². The summed E-state index contributed by atoms with van der Waals surface area (Å²) in [4.78, 5) is 14.4. The summed E-state index contributed by atoms with van der Waals surface area (Å²) in [6.45, 7) is 1.96. The van der Waals surface area contributed by atoms with Gasteiger partial charge < -0.3 is 9.52 Å². The maximum atomic E-state index is 12.6. The van der Waals surface area contributed by atoms with Crippen molar-refractivity contribution < 1.29 is 23.1 Å². The zero-order valence-electron chi connectivity index (χ0n) is 10.8. The molecule has 0 saturated heterocycles. The highest BCUT2D eigenvalue weighted by Crippen LogP contribution is 2.23. The first-order valence-electron chi connectivity index (χ1n) is 6.04. The van der Waals surface area contributed by atoms with E-state index in [9.17, 15) is 13.6 Å². The van der Waals surface area contributed by atoms with Crippen molar-refractivity contribution in [2.75, 3.05) is 0 Å². The monoisotopic (exact) mass is 281 g/mol. The van der Waals surface area contributed by atoms with Gasteiger partial charge in [-0.2, -0.15) is 0 Å². The molecule has 0 aliphatic heterocycles. The Morgan fingerprint density at radius 1 is 1.30 bits per heavy atom. The van der Waals surface area contributed by atoms with Crippen LogP contribution in [-0.4, -0.2) is 16.1 Å². The number of hydrogen-bond donors (Lipinski definition) is 1. The Morgan fingerprint density at radius 3 is 2.45 bits per heavy atom. The molecule has 106 valence electrons. The summed E-state index contributed by atoms with van der Waals surface area (Å²) in [5, 5.41) is 8.78. The first-order chi connectivity index (χ1) is 9.47. The van der Waals surface area contributed by atoms with Crippen LogP contribution < -0.4 is 0 Å². The van der Waals surface area contributed by atoms with Gasteiger partial charge in [0.25, 0.3) is 6.43 Å². The molecule has 0 atom stereocenters. The minimum Gasteiger partial charge on any atom is -0.475 e. The van der Waals surface area contributed by atoms with E-state index in [1.165, 1.54) is 0 Å². The van der Waals surface area contributed by atoms with Gasteiger partial charge in [-0.3, -0.25) is 0 Å². The average molecular weight is 281 g/mol. The highest BCUT2D eigenvalue weighted by Gasteiger charge is 2.25. The van der Waals surface area contributed by atoms with Gasteiger partial charge >= 0.3 is 5.97 Å². The summed E-state index contributed by atoms with van der Waals surface area (Å²) >= 11 is 0. The number of aromatic nitrogens is 1. The lowest BCUT2D eigenvalue weighted by atomic mass is 10.1. The number of hydrogen-bond acceptors (Lipinski definition) is 3. The summed E-state index contributed by atoms with van der Waals surface area (Å²) in [5.41, 5.74) is 1.32. The van der Waals surface area contributed by atoms with Crippen molar-refractivity contribution in [2.24, 2.45) is 0 Å². The Balaban J connectivity index is 2.12. The normalized spacial score (nSPS) is 11.0. The van der Waals surface area contributed by atoms with Gasteiger partial charge in [-0.25, -0.2) is 18.6 Å². The number of aromatic carboxylic acids is 1. The molecule has 0 fully saturated rings. The minimum atomic E-state index is -2.96. The number of rotatable bonds is 5. The summed E-state index contributed by atoms with van der Waals surface area (Å²) in [5.74, 6) is -2.30. The molecule has 0 aliphatic rings. The molecule has 4 nitrogen and oxygen atoms in total. The Bertz CT molecular complexity index is 605. The first kappa shape index (κ1) is 14.2. The Hall–Kier alpha value is -2.24. The zero-order valence-corrected chi connectivity index (χ0v) is 10.8. The van der Waals surface area contributed by atoms with E-state index in [0.29, 0.717) is 6.42 Å². The summed E-state index contributed by atoms with van der Waals surface area (Å²) < 4.78 is 30.1. The van der Waals surface area contributed by atoms with Crippen LogP contribution in [0.3, 0.4) is 0 Å². The van der Waals surface area contributed by atoms with E-state index in [0.717, 1.165) is 11.1 Å². The molecule has 0 spiro atoms. The van der Waals surface area contributed by atoms with Crippen molar-refractivity contribution in [3.63, 3.8) is 0 Å². The fourth-order valence-corrected chi connectivity index (χ4v) is 1.79. The van der Waals surface area contributed by atoms with Crippen molar-refractivity contribution in [1.82, 2.24) is 4.98 Å². The van der Waals surface area contributed by atoms with Crippen LogP contribution in [0, 0.1) is 6.92 Å². The maximum Gasteiger partial charge on any atom is 0.374 e. The van der Waals surface area contributed by atoms with E-state index in [1.807, 2.05) is 31.2 Å². The highest BCUT2D eigenvalue weighted by molar-refractivity contribution is 5.85. The molecule has 0 amide bonds. The van der Waals surface area contributed by atoms with Gasteiger partial charge in [-0.1, -0.05) is 29.8 Å². The van der Waals surface area contributed by atoms with Crippen LogP contribution in [0.1, 0.15) is 39.7 Å². The number of benzene rings is 1. The number of carboxylic acids is 1. The van der Waals surface area contributed by atoms with Crippen molar-refractivity contribution in [3.8, 4) is 0 Å². The van der Waals surface area contributed by atoms with Crippen molar-refractivity contribution in [2.45, 2.75) is 26.2 Å². The molecule has 1 heterocycles. The molecule has 0 unspecified atom stereocenters. The predicted octanol–water partition coefficient (Wildman–Crippen LogP) is 3.40. The summed E-state index contributed by atoms with van der Waals surface area (Å²) in [6.07, 6.45) is -2.14. The van der Waals surface area contributed by atoms with E-state index in [4.69, 9.17) is 9.52 Å². The number of aryl methyl sites for hydroxylation is 3. The molecule has 0 radical (unpaired) electrons. The summed E-state index contributed by atoms with van der Waals surface area (Å²) in [6, 6.07) is 7.73. The molecule has 1 aromatic heterocycles. The van der Waals surface area contributed by atoms with E-state index >= 15 is 0 Å². The number of oxazole rings is 1. The SMILES string of the molecule is Cc1ccc(CCc2nc(C(F)F)c(C(=O)O)o2)cc1. The maximum absolute atomic E-state index is 12.6. The first-order valence-corrected chi connectivity index (χ1v) is 6.04. The van der Waals surface area contributed by atoms with Crippen LogP contribution >= 0.6 is 0 Å². The molecule has 20 heavy (non-hydrogen) atoms. The second-order valence-electron chi connectivity index (χ2n) is 4.41. The fourth-order valence-electron chi connectivity index (χ4n) is 1.79. The van der Waals surface area contributed by atoms with Crippen molar-refractivity contribution >= 4 is 5.97 Å². The number of halogens is 2. The number of carboxylic acid groups (broad SMARTS) is 1. The molecule has 0 saturated carbocycles. The lowest BCUT2D eigenvalue weighted by Crippen LogP contribution is -1.99. The summed E-state index contributed by atoms with van der Waals surface area (Å²) in [7, 11) is 0. The largest absolute Gasteiger partial charge is 0.475 e. The van der Waals surface area contributed by atoms with Crippen molar-refractivity contribution in [1.29, 1.82) is 0 Å². The standard InChI is InChI=1S/C14H13F2NO3/c1-8-2-4-9(5-3-8)6-7-10-17-11(13(15)16)12(20-10)14(18)19/h2-5,13H,6-7H2,1H3,(H,18,19). The molecular formula is C14H13F2NO3. The second kappa shape index (κ2) is 5.81. The van der Waals surface area contributed by atoms with Gasteiger partial charge in [0.15, 0.2) is 11.6 Å². The van der Waals surface area contributed by atoms with Crippen LogP contribution in [0.25, 0.3) is 0 Å². The van der Waals surface area contributed by atoms with Crippen LogP contribution in [-0.2, 0) is 12.8 Å². The molecule has 1 N–H and O–H groups in total. The molecule has 0 bridgehead atoms. The third kappa shape index (κ3) is 3.20. The van der Waals surface area contributed by atoms with Crippen LogP contribution in [0.4, 0.5) is 8.78 Å². The lowest BCUT2D eigenvalue weighted by molar-refractivity contribution is 0.0644. The topological polar surface area (TPSA) is 63.3 Å². The highest BCUT2D eigenvalue weighted by atomic mass is 19.3. The van der Waals surface area contributed by atoms with Crippen molar-refractivity contribution in [3.05, 3.63) is 52.7 Å². The third-order valence-electron chi connectivity index (χ3n) is 2.85. The van der Waals surface area contributed by atoms with E-state index < -0.39 is 23.8 Å². The van der Waals surface area contributed by atoms with Gasteiger partial charge in [-0.15, -0.1) is 0 Å². The lowest BCUT2D eigenvalue weighted by Gasteiger charge is -1.99. The van der Waals surface area contributed by atoms with Gasteiger partial charge in [0.1, 0.15) is 0 Å². The van der Waals surface area contributed by atoms with Crippen LogP contribution in [0.2, 0.25) is 0 Å². The van der Waals surface area contributed by atoms with Gasteiger partial charge in [0.05, 0.1) is 0 Å². The number of carbonyl (C=O) groups is 1. The molecule has 6 heteroatoms. The predicted molar refractivity (Wildman–Crippen MR) is 67.0 cm³/mol. The van der Waals surface area contributed by atoms with Gasteiger partial charge in [0, 0.05) is 6.42 Å². The fraction of sp³-hybridized carbons (Fsp3) is 0.286. The Kier molecular flexibility index (Phi) is 4.12. The average Bonchev–Trinajstić information content (AvgIpc) is 2.83. The van der Waals surface area contributed by atoms with Gasteiger partial charge in [0.2, 0.25) is 5.76 Å². The molecular weight excluding hydrogens is 268 g/mol. The Labute approximate surface area is 114 Å². The molecule has 1 aromatic carbocycles. The number of nitrogens with zero attached hydrogens (tertiary/aromatic N) is 1. The zero-order chi connectivity index (χ0) is 14.7. The molecule has 2 aromatic rings. The van der Waals surface area contributed by atoms with Gasteiger partial charge in [-0.05, 0) is 18.9 Å². The quantitative estimate of drug-likeness (QED) is 0.912. The third-order valence-corrected chi connectivity index (χ3v) is 2.85. The minimum absolute atomic E-state index is 0.0123. The van der Waals surface area contributed by atoms with E-state index in [1.54, 1.807) is 0 Å².